The van der Waals surface area contributed by atoms with Crippen molar-refractivity contribution >= 4 is 17.2 Å². The summed E-state index contributed by atoms with van der Waals surface area (Å²) in [6.07, 6.45) is 1.00. The van der Waals surface area contributed by atoms with E-state index in [2.05, 4.69) is 28.9 Å². The molecule has 2 aromatic rings. The Morgan fingerprint density at radius 1 is 1.24 bits per heavy atom. The highest BCUT2D eigenvalue weighted by Crippen LogP contribution is 2.29. The van der Waals surface area contributed by atoms with E-state index >= 15 is 0 Å². The van der Waals surface area contributed by atoms with E-state index in [1.165, 1.54) is 21.6 Å². The van der Waals surface area contributed by atoms with Gasteiger partial charge >= 0.3 is 0 Å². The van der Waals surface area contributed by atoms with Crippen LogP contribution in [-0.2, 0) is 24.3 Å². The van der Waals surface area contributed by atoms with Crippen molar-refractivity contribution in [3.05, 3.63) is 57.3 Å². The molecule has 1 atom stereocenters. The number of fused-ring (bicyclic) bond motifs is 2. The van der Waals surface area contributed by atoms with Gasteiger partial charge in [0.25, 0.3) is 0 Å². The highest BCUT2D eigenvalue weighted by molar-refractivity contribution is 7.10. The molecule has 0 aliphatic carbocycles. The molecule has 1 aromatic heterocycles. The van der Waals surface area contributed by atoms with Crippen molar-refractivity contribution in [3.8, 4) is 0 Å². The molecule has 0 spiro atoms. The number of rotatable bonds is 1. The van der Waals surface area contributed by atoms with Gasteiger partial charge in [-0.05, 0) is 34.6 Å². The molecule has 3 nitrogen and oxygen atoms in total. The molecule has 1 N–H and O–H groups in total. The number of benzene rings is 1. The fraction of sp³-hybridized carbons (Fsp3) is 0.353. The van der Waals surface area contributed by atoms with Gasteiger partial charge in [0.15, 0.2) is 0 Å². The maximum Gasteiger partial charge on any atom is 0.231 e. The molecule has 0 saturated heterocycles. The minimum atomic E-state index is -0.0323. The predicted octanol–water partition coefficient (Wildman–Crippen LogP) is 2.52. The number of hydrogen-bond acceptors (Lipinski definition) is 3. The molecular formula is C17H18N2OS. The van der Waals surface area contributed by atoms with Gasteiger partial charge < -0.3 is 10.2 Å². The zero-order valence-corrected chi connectivity index (χ0v) is 12.7. The summed E-state index contributed by atoms with van der Waals surface area (Å²) in [6, 6.07) is 10.5. The molecule has 4 heteroatoms. The molecule has 0 bridgehead atoms. The monoisotopic (exact) mass is 298 g/mol. The second kappa shape index (κ2) is 5.28. The topological polar surface area (TPSA) is 32.3 Å². The normalized spacial score (nSPS) is 20.8. The van der Waals surface area contributed by atoms with Gasteiger partial charge in [-0.2, -0.15) is 0 Å². The van der Waals surface area contributed by atoms with Crippen molar-refractivity contribution in [2.45, 2.75) is 25.4 Å². The molecule has 2 aliphatic rings. The second-order valence-corrected chi connectivity index (χ2v) is 6.76. The molecule has 0 saturated carbocycles. The standard InChI is InChI=1S/C17H18N2OS/c20-17(19-7-5-16-13(11-19)6-8-21-16)15-10-18-9-12-3-1-2-4-14(12)15/h1-4,6,8,15,18H,5,7,9-11H2. The van der Waals surface area contributed by atoms with Crippen LogP contribution in [0.4, 0.5) is 0 Å². The Bertz CT molecular complexity index is 679. The molecule has 2 aliphatic heterocycles. The van der Waals surface area contributed by atoms with Gasteiger partial charge in [-0.1, -0.05) is 24.3 Å². The van der Waals surface area contributed by atoms with Crippen LogP contribution in [0.25, 0.3) is 0 Å². The second-order valence-electron chi connectivity index (χ2n) is 5.76. The zero-order chi connectivity index (χ0) is 14.2. The van der Waals surface area contributed by atoms with Crippen molar-refractivity contribution in [3.63, 3.8) is 0 Å². The van der Waals surface area contributed by atoms with E-state index in [0.717, 1.165) is 32.6 Å². The largest absolute Gasteiger partial charge is 0.337 e. The molecule has 0 radical (unpaired) electrons. The number of carbonyl (C=O) groups is 1. The minimum absolute atomic E-state index is 0.0323. The summed E-state index contributed by atoms with van der Waals surface area (Å²) in [5.74, 6) is 0.238. The first-order valence-corrected chi connectivity index (χ1v) is 8.33. The van der Waals surface area contributed by atoms with Crippen molar-refractivity contribution in [1.82, 2.24) is 10.2 Å². The van der Waals surface area contributed by atoms with Gasteiger partial charge in [-0.3, -0.25) is 4.79 Å². The van der Waals surface area contributed by atoms with Crippen LogP contribution in [0.5, 0.6) is 0 Å². The van der Waals surface area contributed by atoms with Crippen LogP contribution in [0.3, 0.4) is 0 Å². The number of hydrogen-bond donors (Lipinski definition) is 1. The van der Waals surface area contributed by atoms with E-state index in [-0.39, 0.29) is 11.8 Å². The number of nitrogens with one attached hydrogen (secondary N) is 1. The van der Waals surface area contributed by atoms with Gasteiger partial charge in [0.1, 0.15) is 0 Å². The Balaban J connectivity index is 1.59. The highest BCUT2D eigenvalue weighted by Gasteiger charge is 2.31. The molecule has 1 unspecified atom stereocenters. The van der Waals surface area contributed by atoms with Crippen molar-refractivity contribution in [2.75, 3.05) is 13.1 Å². The third-order valence-corrected chi connectivity index (χ3v) is 5.53. The summed E-state index contributed by atoms with van der Waals surface area (Å²) < 4.78 is 0. The first-order chi connectivity index (χ1) is 10.3. The number of amides is 1. The molecule has 4 rings (SSSR count). The average Bonchev–Trinajstić information content (AvgIpc) is 3.01. The van der Waals surface area contributed by atoms with E-state index in [1.807, 2.05) is 28.4 Å². The average molecular weight is 298 g/mol. The van der Waals surface area contributed by atoms with E-state index in [4.69, 9.17) is 0 Å². The lowest BCUT2D eigenvalue weighted by atomic mass is 9.89. The molecule has 1 aromatic carbocycles. The van der Waals surface area contributed by atoms with Crippen LogP contribution in [0, 0.1) is 0 Å². The van der Waals surface area contributed by atoms with Crippen molar-refractivity contribution < 1.29 is 4.79 Å². The van der Waals surface area contributed by atoms with Crippen LogP contribution in [0.15, 0.2) is 35.7 Å². The summed E-state index contributed by atoms with van der Waals surface area (Å²) in [5.41, 5.74) is 3.80. The Kier molecular flexibility index (Phi) is 3.28. The van der Waals surface area contributed by atoms with Crippen LogP contribution < -0.4 is 5.32 Å². The lowest BCUT2D eigenvalue weighted by molar-refractivity contribution is -0.133. The fourth-order valence-electron chi connectivity index (χ4n) is 3.37. The van der Waals surface area contributed by atoms with Gasteiger partial charge in [0.05, 0.1) is 5.92 Å². The number of carbonyl (C=O) groups excluding carboxylic acids is 1. The molecule has 108 valence electrons. The van der Waals surface area contributed by atoms with Gasteiger partial charge in [-0.25, -0.2) is 0 Å². The zero-order valence-electron chi connectivity index (χ0n) is 11.8. The first kappa shape index (κ1) is 13.0. The summed E-state index contributed by atoms with van der Waals surface area (Å²) in [7, 11) is 0. The van der Waals surface area contributed by atoms with E-state index < -0.39 is 0 Å². The predicted molar refractivity (Wildman–Crippen MR) is 84.3 cm³/mol. The lowest BCUT2D eigenvalue weighted by Gasteiger charge is -2.33. The van der Waals surface area contributed by atoms with Gasteiger partial charge in [0, 0.05) is 31.1 Å². The van der Waals surface area contributed by atoms with Gasteiger partial charge in [-0.15, -0.1) is 11.3 Å². The maximum absolute atomic E-state index is 12.9. The molecular weight excluding hydrogens is 280 g/mol. The quantitative estimate of drug-likeness (QED) is 0.877. The van der Waals surface area contributed by atoms with Crippen LogP contribution in [0.1, 0.15) is 27.5 Å². The van der Waals surface area contributed by atoms with E-state index in [0.29, 0.717) is 0 Å². The Morgan fingerprint density at radius 3 is 3.10 bits per heavy atom. The Hall–Kier alpha value is -1.65. The third-order valence-electron chi connectivity index (χ3n) is 4.51. The van der Waals surface area contributed by atoms with Crippen molar-refractivity contribution in [1.29, 1.82) is 0 Å². The van der Waals surface area contributed by atoms with Crippen LogP contribution in [0.2, 0.25) is 0 Å². The molecule has 3 heterocycles. The smallest absolute Gasteiger partial charge is 0.231 e. The Morgan fingerprint density at radius 2 is 2.14 bits per heavy atom. The van der Waals surface area contributed by atoms with Gasteiger partial charge in [0.2, 0.25) is 5.91 Å². The van der Waals surface area contributed by atoms with Crippen LogP contribution in [-0.4, -0.2) is 23.9 Å². The highest BCUT2D eigenvalue weighted by atomic mass is 32.1. The summed E-state index contributed by atoms with van der Waals surface area (Å²) in [6.45, 7) is 3.25. The maximum atomic E-state index is 12.9. The lowest BCUT2D eigenvalue weighted by Crippen LogP contribution is -2.43. The first-order valence-electron chi connectivity index (χ1n) is 7.45. The number of nitrogens with zero attached hydrogens (tertiary/aromatic N) is 1. The van der Waals surface area contributed by atoms with Crippen molar-refractivity contribution in [2.24, 2.45) is 0 Å². The fourth-order valence-corrected chi connectivity index (χ4v) is 4.26. The molecule has 21 heavy (non-hydrogen) atoms. The summed E-state index contributed by atoms with van der Waals surface area (Å²) >= 11 is 1.81. The molecule has 1 amide bonds. The summed E-state index contributed by atoms with van der Waals surface area (Å²) in [5, 5.41) is 5.51. The molecule has 0 fully saturated rings. The number of thiophene rings is 1. The van der Waals surface area contributed by atoms with E-state index in [1.54, 1.807) is 0 Å². The van der Waals surface area contributed by atoms with E-state index in [9.17, 15) is 4.79 Å². The minimum Gasteiger partial charge on any atom is -0.337 e. The summed E-state index contributed by atoms with van der Waals surface area (Å²) in [4.78, 5) is 16.4. The SMILES string of the molecule is O=C(C1CNCc2ccccc21)N1CCc2sccc2C1. The Labute approximate surface area is 128 Å². The third kappa shape index (κ3) is 2.28. The van der Waals surface area contributed by atoms with Crippen LogP contribution >= 0.6 is 11.3 Å².